The third-order valence-electron chi connectivity index (χ3n) is 2.52. The van der Waals surface area contributed by atoms with Crippen molar-refractivity contribution < 1.29 is 9.13 Å². The van der Waals surface area contributed by atoms with Crippen molar-refractivity contribution >= 4 is 5.69 Å². The smallest absolute Gasteiger partial charge is 0.149 e. The number of pyridine rings is 1. The monoisotopic (exact) mass is 260 g/mol. The maximum Gasteiger partial charge on any atom is 0.149 e. The lowest BCUT2D eigenvalue weighted by Crippen LogP contribution is -2.06. The molecule has 1 heterocycles. The number of rotatable bonds is 5. The van der Waals surface area contributed by atoms with Crippen LogP contribution in [0.4, 0.5) is 10.1 Å². The van der Waals surface area contributed by atoms with Crippen molar-refractivity contribution in [2.45, 2.75) is 26.5 Å². The first-order valence-corrected chi connectivity index (χ1v) is 6.24. The minimum Gasteiger partial charge on any atom is -0.491 e. The summed E-state index contributed by atoms with van der Waals surface area (Å²) in [6.07, 6.45) is 3.50. The highest BCUT2D eigenvalue weighted by molar-refractivity contribution is 5.48. The van der Waals surface area contributed by atoms with Gasteiger partial charge in [0.25, 0.3) is 0 Å². The Morgan fingerprint density at radius 2 is 2.16 bits per heavy atom. The van der Waals surface area contributed by atoms with Gasteiger partial charge in [-0.2, -0.15) is 0 Å². The van der Waals surface area contributed by atoms with Gasteiger partial charge < -0.3 is 10.1 Å². The highest BCUT2D eigenvalue weighted by Crippen LogP contribution is 2.22. The van der Waals surface area contributed by atoms with Crippen molar-refractivity contribution in [1.82, 2.24) is 4.98 Å². The molecule has 2 aromatic rings. The number of nitrogens with one attached hydrogen (secondary N) is 1. The third-order valence-corrected chi connectivity index (χ3v) is 2.52. The SMILES string of the molecule is CC(C)Oc1ccc(NCc2cccnc2)c(F)c1. The standard InChI is InChI=1S/C15H17FN2O/c1-11(2)19-13-5-6-15(14(16)8-13)18-10-12-4-3-7-17-9-12/h3-9,11,18H,10H2,1-2H3. The van der Waals surface area contributed by atoms with Gasteiger partial charge in [0.2, 0.25) is 0 Å². The molecule has 0 aliphatic carbocycles. The molecular weight excluding hydrogens is 243 g/mol. The van der Waals surface area contributed by atoms with E-state index in [4.69, 9.17) is 4.74 Å². The normalized spacial score (nSPS) is 10.5. The van der Waals surface area contributed by atoms with Crippen molar-refractivity contribution in [3.05, 3.63) is 54.1 Å². The van der Waals surface area contributed by atoms with Gasteiger partial charge >= 0.3 is 0 Å². The summed E-state index contributed by atoms with van der Waals surface area (Å²) in [5.74, 6) is 0.224. The second-order valence-corrected chi connectivity index (χ2v) is 4.52. The molecule has 0 aliphatic rings. The lowest BCUT2D eigenvalue weighted by molar-refractivity contribution is 0.241. The van der Waals surface area contributed by atoms with Crippen LogP contribution in [0.25, 0.3) is 0 Å². The first-order chi connectivity index (χ1) is 9.15. The summed E-state index contributed by atoms with van der Waals surface area (Å²) in [6, 6.07) is 8.63. The quantitative estimate of drug-likeness (QED) is 0.891. The van der Waals surface area contributed by atoms with E-state index in [9.17, 15) is 4.39 Å². The number of aromatic nitrogens is 1. The lowest BCUT2D eigenvalue weighted by atomic mass is 10.2. The van der Waals surface area contributed by atoms with Crippen LogP contribution in [-0.2, 0) is 6.54 Å². The van der Waals surface area contributed by atoms with Crippen LogP contribution in [0.3, 0.4) is 0 Å². The minimum atomic E-state index is -0.318. The summed E-state index contributed by atoms with van der Waals surface area (Å²) in [6.45, 7) is 4.36. The highest BCUT2D eigenvalue weighted by Gasteiger charge is 2.05. The predicted octanol–water partition coefficient (Wildman–Crippen LogP) is 3.62. The van der Waals surface area contributed by atoms with E-state index in [0.717, 1.165) is 5.56 Å². The Morgan fingerprint density at radius 1 is 1.32 bits per heavy atom. The van der Waals surface area contributed by atoms with Gasteiger partial charge in [0.05, 0.1) is 11.8 Å². The largest absolute Gasteiger partial charge is 0.491 e. The number of ether oxygens (including phenoxy) is 1. The Labute approximate surface area is 112 Å². The van der Waals surface area contributed by atoms with E-state index in [-0.39, 0.29) is 11.9 Å². The van der Waals surface area contributed by atoms with Crippen molar-refractivity contribution in [3.8, 4) is 5.75 Å². The zero-order valence-corrected chi connectivity index (χ0v) is 11.1. The molecule has 0 spiro atoms. The Hall–Kier alpha value is -2.10. The van der Waals surface area contributed by atoms with Crippen LogP contribution in [0.1, 0.15) is 19.4 Å². The molecular formula is C15H17FN2O. The fourth-order valence-electron chi connectivity index (χ4n) is 1.68. The molecule has 0 saturated heterocycles. The number of hydrogen-bond donors (Lipinski definition) is 1. The van der Waals surface area contributed by atoms with Crippen molar-refractivity contribution in [3.63, 3.8) is 0 Å². The molecule has 1 N–H and O–H groups in total. The molecule has 4 heteroatoms. The lowest BCUT2D eigenvalue weighted by Gasteiger charge is -2.12. The van der Waals surface area contributed by atoms with E-state index in [2.05, 4.69) is 10.3 Å². The Kier molecular flexibility index (Phi) is 4.34. The minimum absolute atomic E-state index is 0.0357. The summed E-state index contributed by atoms with van der Waals surface area (Å²) in [4.78, 5) is 4.01. The van der Waals surface area contributed by atoms with Crippen LogP contribution in [0.5, 0.6) is 5.75 Å². The van der Waals surface area contributed by atoms with Crippen LogP contribution in [-0.4, -0.2) is 11.1 Å². The summed E-state index contributed by atoms with van der Waals surface area (Å²) in [5.41, 5.74) is 1.46. The summed E-state index contributed by atoms with van der Waals surface area (Å²) >= 11 is 0. The van der Waals surface area contributed by atoms with E-state index >= 15 is 0 Å². The van der Waals surface area contributed by atoms with E-state index in [1.165, 1.54) is 6.07 Å². The van der Waals surface area contributed by atoms with E-state index < -0.39 is 0 Å². The topological polar surface area (TPSA) is 34.1 Å². The fourth-order valence-corrected chi connectivity index (χ4v) is 1.68. The molecule has 0 fully saturated rings. The molecule has 1 aromatic carbocycles. The maximum atomic E-state index is 13.8. The zero-order valence-electron chi connectivity index (χ0n) is 11.1. The molecule has 1 aromatic heterocycles. The Morgan fingerprint density at radius 3 is 2.79 bits per heavy atom. The number of hydrogen-bond acceptors (Lipinski definition) is 3. The van der Waals surface area contributed by atoms with Gasteiger partial charge in [0.1, 0.15) is 11.6 Å². The van der Waals surface area contributed by atoms with E-state index in [0.29, 0.717) is 18.0 Å². The molecule has 3 nitrogen and oxygen atoms in total. The summed E-state index contributed by atoms with van der Waals surface area (Å²) in [7, 11) is 0. The number of benzene rings is 1. The zero-order chi connectivity index (χ0) is 13.7. The first kappa shape index (κ1) is 13.3. The van der Waals surface area contributed by atoms with Crippen LogP contribution in [0.15, 0.2) is 42.7 Å². The summed E-state index contributed by atoms with van der Waals surface area (Å²) in [5, 5.41) is 3.04. The molecule has 19 heavy (non-hydrogen) atoms. The molecule has 2 rings (SSSR count). The van der Waals surface area contributed by atoms with Crippen LogP contribution in [0, 0.1) is 5.82 Å². The molecule has 0 atom stereocenters. The number of nitrogens with zero attached hydrogens (tertiary/aromatic N) is 1. The Balaban J connectivity index is 2.01. The Bertz CT molecular complexity index is 529. The molecule has 0 bridgehead atoms. The van der Waals surface area contributed by atoms with Gasteiger partial charge in [-0.1, -0.05) is 6.07 Å². The van der Waals surface area contributed by atoms with E-state index in [1.807, 2.05) is 26.0 Å². The summed E-state index contributed by atoms with van der Waals surface area (Å²) < 4.78 is 19.3. The molecule has 0 amide bonds. The van der Waals surface area contributed by atoms with E-state index in [1.54, 1.807) is 24.5 Å². The first-order valence-electron chi connectivity index (χ1n) is 6.24. The van der Waals surface area contributed by atoms with Gasteiger partial charge in [-0.15, -0.1) is 0 Å². The highest BCUT2D eigenvalue weighted by atomic mass is 19.1. The predicted molar refractivity (Wildman–Crippen MR) is 73.7 cm³/mol. The molecule has 0 radical (unpaired) electrons. The van der Waals surface area contributed by atoms with Crippen LogP contribution in [0.2, 0.25) is 0 Å². The van der Waals surface area contributed by atoms with Crippen LogP contribution < -0.4 is 10.1 Å². The third kappa shape index (κ3) is 3.95. The maximum absolute atomic E-state index is 13.8. The van der Waals surface area contributed by atoms with Crippen molar-refractivity contribution in [1.29, 1.82) is 0 Å². The second-order valence-electron chi connectivity index (χ2n) is 4.52. The van der Waals surface area contributed by atoms with Gasteiger partial charge in [0.15, 0.2) is 0 Å². The molecule has 0 unspecified atom stereocenters. The molecule has 0 saturated carbocycles. The van der Waals surface area contributed by atoms with Crippen LogP contribution >= 0.6 is 0 Å². The van der Waals surface area contributed by atoms with Gasteiger partial charge in [-0.05, 0) is 37.6 Å². The average molecular weight is 260 g/mol. The fraction of sp³-hybridized carbons (Fsp3) is 0.267. The number of anilines is 1. The average Bonchev–Trinajstić information content (AvgIpc) is 2.38. The second kappa shape index (κ2) is 6.18. The van der Waals surface area contributed by atoms with Gasteiger partial charge in [-0.3, -0.25) is 4.98 Å². The number of halogens is 1. The molecule has 100 valence electrons. The van der Waals surface area contributed by atoms with Crippen molar-refractivity contribution in [2.24, 2.45) is 0 Å². The molecule has 0 aliphatic heterocycles. The van der Waals surface area contributed by atoms with Gasteiger partial charge in [0, 0.05) is 25.0 Å². The van der Waals surface area contributed by atoms with Crippen molar-refractivity contribution in [2.75, 3.05) is 5.32 Å². The van der Waals surface area contributed by atoms with Gasteiger partial charge in [-0.25, -0.2) is 4.39 Å².